The summed E-state index contributed by atoms with van der Waals surface area (Å²) >= 11 is 4.96. The van der Waals surface area contributed by atoms with Crippen molar-refractivity contribution in [3.05, 3.63) is 30.3 Å². The molecule has 0 radical (unpaired) electrons. The number of amides is 1. The molecule has 0 unspecified atom stereocenters. The molecule has 3 N–H and O–H groups in total. The molecule has 6 heteroatoms. The molecule has 0 saturated heterocycles. The van der Waals surface area contributed by atoms with Crippen molar-refractivity contribution in [2.75, 3.05) is 19.0 Å². The van der Waals surface area contributed by atoms with E-state index >= 15 is 0 Å². The Balaban J connectivity index is 2.29. The number of benzene rings is 1. The fraction of sp³-hybridized carbons (Fsp3) is 0.200. The van der Waals surface area contributed by atoms with Crippen LogP contribution in [0.5, 0.6) is 0 Å². The minimum atomic E-state index is -0.292. The summed E-state index contributed by atoms with van der Waals surface area (Å²) in [5.41, 5.74) is 5.79. The van der Waals surface area contributed by atoms with Gasteiger partial charge >= 0.3 is 0 Å². The first-order valence-electron chi connectivity index (χ1n) is 4.62. The summed E-state index contributed by atoms with van der Waals surface area (Å²) in [6.45, 7) is -0.0129. The number of rotatable bonds is 3. The van der Waals surface area contributed by atoms with Crippen molar-refractivity contribution in [2.45, 2.75) is 0 Å². The van der Waals surface area contributed by atoms with E-state index in [9.17, 15) is 4.79 Å². The highest BCUT2D eigenvalue weighted by Gasteiger charge is 2.00. The number of carbonyl (C=O) groups excluding carboxylic acids is 1. The molecule has 0 atom stereocenters. The van der Waals surface area contributed by atoms with Crippen LogP contribution in [0.15, 0.2) is 30.3 Å². The van der Waals surface area contributed by atoms with Gasteiger partial charge in [-0.1, -0.05) is 18.2 Å². The summed E-state index contributed by atoms with van der Waals surface area (Å²) in [7, 11) is 1.44. The van der Waals surface area contributed by atoms with E-state index in [1.807, 2.05) is 30.3 Å². The van der Waals surface area contributed by atoms with Crippen molar-refractivity contribution in [3.8, 4) is 0 Å². The second-order valence-electron chi connectivity index (χ2n) is 2.93. The third kappa shape index (κ3) is 4.72. The fourth-order valence-corrected chi connectivity index (χ4v) is 1.15. The molecule has 16 heavy (non-hydrogen) atoms. The van der Waals surface area contributed by atoms with Gasteiger partial charge in [0, 0.05) is 12.8 Å². The zero-order chi connectivity index (χ0) is 11.8. The molecule has 0 heterocycles. The number of nitrogens with one attached hydrogen (secondary N) is 3. The largest absolute Gasteiger partial charge is 0.375 e. The first-order valence-corrected chi connectivity index (χ1v) is 5.03. The van der Waals surface area contributed by atoms with Gasteiger partial charge in [-0.15, -0.1) is 0 Å². The average molecular weight is 239 g/mol. The van der Waals surface area contributed by atoms with Crippen molar-refractivity contribution in [1.82, 2.24) is 10.9 Å². The van der Waals surface area contributed by atoms with E-state index in [4.69, 9.17) is 12.2 Å². The molecule has 1 aromatic rings. The summed E-state index contributed by atoms with van der Waals surface area (Å²) in [6.07, 6.45) is 0. The van der Waals surface area contributed by atoms with Crippen LogP contribution in [-0.4, -0.2) is 24.7 Å². The van der Waals surface area contributed by atoms with Crippen molar-refractivity contribution in [1.29, 1.82) is 0 Å². The third-order valence-electron chi connectivity index (χ3n) is 1.62. The highest BCUT2D eigenvalue weighted by molar-refractivity contribution is 7.80. The number of hydrazine groups is 1. The molecule has 0 saturated carbocycles. The second-order valence-corrected chi connectivity index (χ2v) is 3.33. The van der Waals surface area contributed by atoms with Crippen LogP contribution in [0, 0.1) is 0 Å². The van der Waals surface area contributed by atoms with E-state index in [1.165, 1.54) is 7.11 Å². The van der Waals surface area contributed by atoms with E-state index in [0.717, 1.165) is 5.69 Å². The lowest BCUT2D eigenvalue weighted by atomic mass is 10.3. The zero-order valence-corrected chi connectivity index (χ0v) is 9.64. The smallest absolute Gasteiger partial charge is 0.264 e. The van der Waals surface area contributed by atoms with Crippen LogP contribution in [-0.2, 0) is 9.53 Å². The van der Waals surface area contributed by atoms with E-state index in [1.54, 1.807) is 0 Å². The minimum absolute atomic E-state index is 0.0129. The van der Waals surface area contributed by atoms with Gasteiger partial charge < -0.3 is 10.1 Å². The predicted molar refractivity (Wildman–Crippen MR) is 65.8 cm³/mol. The van der Waals surface area contributed by atoms with Gasteiger partial charge in [-0.2, -0.15) is 0 Å². The number of hydrogen-bond acceptors (Lipinski definition) is 3. The van der Waals surface area contributed by atoms with Gasteiger partial charge in [-0.3, -0.25) is 15.6 Å². The van der Waals surface area contributed by atoms with E-state index in [-0.39, 0.29) is 12.5 Å². The second kappa shape index (κ2) is 6.76. The number of hydrogen-bond donors (Lipinski definition) is 3. The summed E-state index contributed by atoms with van der Waals surface area (Å²) in [4.78, 5) is 11.0. The number of anilines is 1. The molecule has 0 fully saturated rings. The SMILES string of the molecule is COCC(=O)NNC(=S)Nc1ccccc1. The van der Waals surface area contributed by atoms with Gasteiger partial charge in [0.05, 0.1) is 0 Å². The van der Waals surface area contributed by atoms with Gasteiger partial charge in [0.2, 0.25) is 0 Å². The molecule has 0 aromatic heterocycles. The van der Waals surface area contributed by atoms with Crippen molar-refractivity contribution >= 4 is 28.9 Å². The maximum absolute atomic E-state index is 11.0. The Hall–Kier alpha value is -1.66. The number of para-hydroxylation sites is 1. The first kappa shape index (κ1) is 12.4. The molecule has 1 rings (SSSR count). The van der Waals surface area contributed by atoms with Gasteiger partial charge in [0.25, 0.3) is 5.91 Å². The minimum Gasteiger partial charge on any atom is -0.375 e. The van der Waals surface area contributed by atoms with Gasteiger partial charge in [-0.05, 0) is 24.4 Å². The highest BCUT2D eigenvalue weighted by Crippen LogP contribution is 2.03. The van der Waals surface area contributed by atoms with Crippen LogP contribution in [0.3, 0.4) is 0 Å². The molecule has 86 valence electrons. The Morgan fingerprint density at radius 2 is 2.00 bits per heavy atom. The molecule has 0 aliphatic rings. The molecule has 0 aliphatic heterocycles. The number of methoxy groups -OCH3 is 1. The number of thiocarbonyl (C=S) groups is 1. The Morgan fingerprint density at radius 1 is 1.31 bits per heavy atom. The van der Waals surface area contributed by atoms with Crippen LogP contribution in [0.4, 0.5) is 5.69 Å². The van der Waals surface area contributed by atoms with Gasteiger partial charge in [0.1, 0.15) is 6.61 Å². The topological polar surface area (TPSA) is 62.4 Å². The monoisotopic (exact) mass is 239 g/mol. The normalized spacial score (nSPS) is 9.31. The standard InChI is InChI=1S/C10H13N3O2S/c1-15-7-9(14)12-13-10(16)11-8-5-3-2-4-6-8/h2-6H,7H2,1H3,(H,12,14)(H2,11,13,16). The maximum Gasteiger partial charge on any atom is 0.264 e. The third-order valence-corrected chi connectivity index (χ3v) is 1.83. The number of ether oxygens (including phenoxy) is 1. The van der Waals surface area contributed by atoms with Crippen molar-refractivity contribution in [3.63, 3.8) is 0 Å². The zero-order valence-electron chi connectivity index (χ0n) is 8.82. The summed E-state index contributed by atoms with van der Waals surface area (Å²) < 4.78 is 4.64. The Kier molecular flexibility index (Phi) is 5.24. The lowest BCUT2D eigenvalue weighted by Crippen LogP contribution is -2.45. The Labute approximate surface area is 99.1 Å². The maximum atomic E-state index is 11.0. The Bertz CT molecular complexity index is 356. The van der Waals surface area contributed by atoms with Crippen LogP contribution in [0.1, 0.15) is 0 Å². The summed E-state index contributed by atoms with van der Waals surface area (Å²) in [5.74, 6) is -0.292. The Morgan fingerprint density at radius 3 is 2.62 bits per heavy atom. The molecule has 0 aliphatic carbocycles. The quantitative estimate of drug-likeness (QED) is 0.534. The fourth-order valence-electron chi connectivity index (χ4n) is 0.977. The molecule has 0 bridgehead atoms. The number of carbonyl (C=O) groups is 1. The van der Waals surface area contributed by atoms with E-state index in [2.05, 4.69) is 20.9 Å². The van der Waals surface area contributed by atoms with Crippen LogP contribution < -0.4 is 16.2 Å². The average Bonchev–Trinajstić information content (AvgIpc) is 2.28. The molecular formula is C10H13N3O2S. The highest BCUT2D eigenvalue weighted by atomic mass is 32.1. The van der Waals surface area contributed by atoms with Crippen molar-refractivity contribution < 1.29 is 9.53 Å². The first-order chi connectivity index (χ1) is 7.72. The molecule has 1 amide bonds. The van der Waals surface area contributed by atoms with E-state index in [0.29, 0.717) is 5.11 Å². The molecule has 1 aromatic carbocycles. The molecule has 5 nitrogen and oxygen atoms in total. The van der Waals surface area contributed by atoms with Gasteiger partial charge in [-0.25, -0.2) is 0 Å². The molecule has 0 spiro atoms. The lowest BCUT2D eigenvalue weighted by Gasteiger charge is -2.10. The van der Waals surface area contributed by atoms with E-state index < -0.39 is 0 Å². The van der Waals surface area contributed by atoms with Crippen LogP contribution in [0.25, 0.3) is 0 Å². The predicted octanol–water partition coefficient (Wildman–Crippen LogP) is 0.651. The van der Waals surface area contributed by atoms with Crippen LogP contribution >= 0.6 is 12.2 Å². The van der Waals surface area contributed by atoms with Crippen molar-refractivity contribution in [2.24, 2.45) is 0 Å². The van der Waals surface area contributed by atoms with Crippen LogP contribution in [0.2, 0.25) is 0 Å². The summed E-state index contributed by atoms with van der Waals surface area (Å²) in [5, 5.41) is 3.22. The van der Waals surface area contributed by atoms with Gasteiger partial charge in [0.15, 0.2) is 5.11 Å². The molecular weight excluding hydrogens is 226 g/mol. The summed E-state index contributed by atoms with van der Waals surface area (Å²) in [6, 6.07) is 9.40. The lowest BCUT2D eigenvalue weighted by molar-refractivity contribution is -0.125.